The van der Waals surface area contributed by atoms with E-state index in [2.05, 4.69) is 20.1 Å². The highest BCUT2D eigenvalue weighted by atomic mass is 16.5. The van der Waals surface area contributed by atoms with Gasteiger partial charge in [0.05, 0.1) is 6.61 Å². The summed E-state index contributed by atoms with van der Waals surface area (Å²) in [5.41, 5.74) is 0.555. The molecule has 0 spiro atoms. The number of esters is 1. The van der Waals surface area contributed by atoms with Crippen LogP contribution in [0, 0.1) is 0 Å². The number of aliphatic carboxylic acids is 1. The second kappa shape index (κ2) is 24.7. The van der Waals surface area contributed by atoms with Gasteiger partial charge < -0.3 is 9.84 Å². The fraction of sp³-hybridized carbons (Fsp3) is 0.750. The minimum atomic E-state index is -0.935. The van der Waals surface area contributed by atoms with Crippen molar-refractivity contribution < 1.29 is 24.2 Å². The Labute approximate surface area is 203 Å². The standard InChI is InChI=1S/C24H44O3.C4H6O2/c1-4-5-6-7-8-9-10-11-12-13-14-15-16-17-18-19-23(25)20-21-27-24(26)22(2)3;1-3(2)4(5)6/h2,4-21H2,1,3H3;1H2,2H3,(H,5,6). The van der Waals surface area contributed by atoms with Crippen molar-refractivity contribution in [2.45, 2.75) is 130 Å². The van der Waals surface area contributed by atoms with Crippen LogP contribution in [0.1, 0.15) is 130 Å². The van der Waals surface area contributed by atoms with Gasteiger partial charge in [0.15, 0.2) is 0 Å². The van der Waals surface area contributed by atoms with Crippen LogP contribution in [0.2, 0.25) is 0 Å². The number of hydrogen-bond acceptors (Lipinski definition) is 4. The minimum Gasteiger partial charge on any atom is -0.478 e. The van der Waals surface area contributed by atoms with Gasteiger partial charge in [-0.15, -0.1) is 0 Å². The monoisotopic (exact) mass is 466 g/mol. The molecule has 5 nitrogen and oxygen atoms in total. The number of carboxylic acid groups (broad SMARTS) is 1. The lowest BCUT2D eigenvalue weighted by Crippen LogP contribution is -2.10. The fourth-order valence-corrected chi connectivity index (χ4v) is 3.20. The van der Waals surface area contributed by atoms with E-state index in [1.54, 1.807) is 6.92 Å². The Hall–Kier alpha value is -1.91. The number of unbranched alkanes of at least 4 members (excludes halogenated alkanes) is 14. The topological polar surface area (TPSA) is 80.7 Å². The first-order chi connectivity index (χ1) is 15.7. The molecule has 0 aromatic rings. The summed E-state index contributed by atoms with van der Waals surface area (Å²) in [5.74, 6) is -1.15. The van der Waals surface area contributed by atoms with Crippen LogP contribution in [0.5, 0.6) is 0 Å². The number of carbonyl (C=O) groups is 3. The van der Waals surface area contributed by atoms with Gasteiger partial charge in [-0.3, -0.25) is 4.79 Å². The third kappa shape index (κ3) is 28.1. The van der Waals surface area contributed by atoms with Crippen LogP contribution in [0.25, 0.3) is 0 Å². The normalized spacial score (nSPS) is 10.2. The Morgan fingerprint density at radius 1 is 0.636 bits per heavy atom. The molecule has 5 heteroatoms. The van der Waals surface area contributed by atoms with Gasteiger partial charge in [-0.2, -0.15) is 0 Å². The average Bonchev–Trinajstić information content (AvgIpc) is 2.76. The molecule has 0 aromatic carbocycles. The van der Waals surface area contributed by atoms with E-state index >= 15 is 0 Å². The Morgan fingerprint density at radius 3 is 1.33 bits per heavy atom. The molecule has 0 aliphatic heterocycles. The first-order valence-electron chi connectivity index (χ1n) is 13.0. The van der Waals surface area contributed by atoms with Gasteiger partial charge >= 0.3 is 11.9 Å². The molecule has 0 bridgehead atoms. The van der Waals surface area contributed by atoms with E-state index < -0.39 is 11.9 Å². The summed E-state index contributed by atoms with van der Waals surface area (Å²) in [4.78, 5) is 32.5. The lowest BCUT2D eigenvalue weighted by Gasteiger charge is -2.04. The van der Waals surface area contributed by atoms with Crippen molar-refractivity contribution in [2.75, 3.05) is 6.61 Å². The van der Waals surface area contributed by atoms with E-state index in [1.165, 1.54) is 90.4 Å². The zero-order valence-electron chi connectivity index (χ0n) is 21.7. The molecule has 0 heterocycles. The van der Waals surface area contributed by atoms with Gasteiger partial charge in [-0.1, -0.05) is 110 Å². The Balaban J connectivity index is 0. The second-order valence-electron chi connectivity index (χ2n) is 8.99. The van der Waals surface area contributed by atoms with Crippen molar-refractivity contribution in [1.82, 2.24) is 0 Å². The first kappa shape index (κ1) is 33.3. The second-order valence-corrected chi connectivity index (χ2v) is 8.99. The quantitative estimate of drug-likeness (QED) is 0.105. The van der Waals surface area contributed by atoms with E-state index in [0.717, 1.165) is 12.8 Å². The fourth-order valence-electron chi connectivity index (χ4n) is 3.20. The van der Waals surface area contributed by atoms with Crippen molar-refractivity contribution in [3.05, 3.63) is 24.3 Å². The third-order valence-electron chi connectivity index (χ3n) is 5.39. The molecule has 0 radical (unpaired) electrons. The summed E-state index contributed by atoms with van der Waals surface area (Å²) >= 11 is 0. The van der Waals surface area contributed by atoms with Gasteiger partial charge in [0.2, 0.25) is 0 Å². The summed E-state index contributed by atoms with van der Waals surface area (Å²) in [6.07, 6.45) is 20.9. The molecule has 0 amide bonds. The van der Waals surface area contributed by atoms with Crippen LogP contribution in [0.3, 0.4) is 0 Å². The van der Waals surface area contributed by atoms with Crippen molar-refractivity contribution in [2.24, 2.45) is 0 Å². The maximum Gasteiger partial charge on any atom is 0.333 e. The summed E-state index contributed by atoms with van der Waals surface area (Å²) in [6.45, 7) is 12.2. The molecule has 0 rings (SSSR count). The smallest absolute Gasteiger partial charge is 0.333 e. The molecule has 1 N–H and O–H groups in total. The van der Waals surface area contributed by atoms with E-state index in [1.807, 2.05) is 0 Å². The zero-order valence-corrected chi connectivity index (χ0v) is 21.7. The molecule has 33 heavy (non-hydrogen) atoms. The first-order valence-corrected chi connectivity index (χ1v) is 13.0. The van der Waals surface area contributed by atoms with Gasteiger partial charge in [0.1, 0.15) is 5.78 Å². The minimum absolute atomic E-state index is 0.176. The molecule has 0 unspecified atom stereocenters. The highest BCUT2D eigenvalue weighted by Gasteiger charge is 2.06. The van der Waals surface area contributed by atoms with Crippen molar-refractivity contribution in [3.8, 4) is 0 Å². The highest BCUT2D eigenvalue weighted by Crippen LogP contribution is 2.14. The molecule has 0 saturated carbocycles. The zero-order chi connectivity index (χ0) is 25.3. The van der Waals surface area contributed by atoms with E-state index in [0.29, 0.717) is 18.4 Å². The number of carbonyl (C=O) groups excluding carboxylic acids is 2. The van der Waals surface area contributed by atoms with Crippen LogP contribution < -0.4 is 0 Å². The molecule has 0 aliphatic rings. The predicted molar refractivity (Wildman–Crippen MR) is 137 cm³/mol. The molecule has 192 valence electrons. The summed E-state index contributed by atoms with van der Waals surface area (Å²) < 4.78 is 4.94. The third-order valence-corrected chi connectivity index (χ3v) is 5.39. The number of rotatable bonds is 21. The van der Waals surface area contributed by atoms with Gasteiger partial charge in [-0.05, 0) is 20.3 Å². The number of Topliss-reactive ketones (excluding diaryl/α,β-unsaturated/α-hetero) is 1. The van der Waals surface area contributed by atoms with Crippen molar-refractivity contribution in [3.63, 3.8) is 0 Å². The number of hydrogen-bond donors (Lipinski definition) is 1. The number of carboxylic acids is 1. The maximum atomic E-state index is 11.7. The van der Waals surface area contributed by atoms with Crippen molar-refractivity contribution >= 4 is 17.7 Å². The van der Waals surface area contributed by atoms with Gasteiger partial charge in [-0.25, -0.2) is 9.59 Å². The van der Waals surface area contributed by atoms with Gasteiger partial charge in [0, 0.05) is 24.0 Å². The van der Waals surface area contributed by atoms with Crippen LogP contribution in [-0.2, 0) is 19.1 Å². The maximum absolute atomic E-state index is 11.7. The Morgan fingerprint density at radius 2 is 1.00 bits per heavy atom. The van der Waals surface area contributed by atoms with E-state index in [-0.39, 0.29) is 18.0 Å². The van der Waals surface area contributed by atoms with Crippen LogP contribution >= 0.6 is 0 Å². The summed E-state index contributed by atoms with van der Waals surface area (Å²) in [5, 5.41) is 7.89. The molecule has 0 fully saturated rings. The lowest BCUT2D eigenvalue weighted by atomic mass is 10.0. The number of ether oxygens (including phenoxy) is 1. The molecular formula is C28H50O5. The summed E-state index contributed by atoms with van der Waals surface area (Å²) in [6, 6.07) is 0. The Bertz CT molecular complexity index is 538. The molecule has 0 aliphatic carbocycles. The van der Waals surface area contributed by atoms with Crippen molar-refractivity contribution in [1.29, 1.82) is 0 Å². The van der Waals surface area contributed by atoms with Gasteiger partial charge in [0.25, 0.3) is 0 Å². The largest absolute Gasteiger partial charge is 0.478 e. The molecule has 0 aromatic heterocycles. The highest BCUT2D eigenvalue weighted by molar-refractivity contribution is 5.87. The predicted octanol–water partition coefficient (Wildman–Crippen LogP) is 7.97. The number of ketones is 1. The molecular weight excluding hydrogens is 416 g/mol. The SMILES string of the molecule is C=C(C)C(=O)O.C=C(C)C(=O)OCCC(=O)CCCCCCCCCCCCCCCCC. The van der Waals surface area contributed by atoms with E-state index in [9.17, 15) is 14.4 Å². The summed E-state index contributed by atoms with van der Waals surface area (Å²) in [7, 11) is 0. The lowest BCUT2D eigenvalue weighted by molar-refractivity contribution is -0.139. The van der Waals surface area contributed by atoms with Crippen LogP contribution in [0.4, 0.5) is 0 Å². The molecule has 0 saturated heterocycles. The van der Waals surface area contributed by atoms with Crippen LogP contribution in [0.15, 0.2) is 24.3 Å². The Kier molecular flexibility index (Phi) is 24.9. The van der Waals surface area contributed by atoms with E-state index in [4.69, 9.17) is 9.84 Å². The molecule has 0 atom stereocenters. The average molecular weight is 467 g/mol. The van der Waals surface area contributed by atoms with Crippen LogP contribution in [-0.4, -0.2) is 29.4 Å².